The van der Waals surface area contributed by atoms with Crippen LogP contribution in [0.5, 0.6) is 0 Å². The molecule has 0 amide bonds. The number of hydrogen-bond acceptors (Lipinski definition) is 2. The minimum atomic E-state index is 0.280. The highest BCUT2D eigenvalue weighted by molar-refractivity contribution is 6.30. The topological polar surface area (TPSA) is 24.9 Å². The Morgan fingerprint density at radius 2 is 2.15 bits per heavy atom. The Morgan fingerprint density at radius 3 is 2.85 bits per heavy atom. The second kappa shape index (κ2) is 7.41. The Bertz CT molecular complexity index is 554. The van der Waals surface area contributed by atoms with E-state index in [1.54, 1.807) is 0 Å². The fourth-order valence-corrected chi connectivity index (χ4v) is 2.56. The van der Waals surface area contributed by atoms with Crippen LogP contribution in [0.4, 0.5) is 0 Å². The summed E-state index contributed by atoms with van der Waals surface area (Å²) in [5.41, 5.74) is 3.78. The highest BCUT2D eigenvalue weighted by Gasteiger charge is 2.14. The molecule has 0 radical (unpaired) electrons. The molecule has 2 rings (SSSR count). The van der Waals surface area contributed by atoms with Gasteiger partial charge in [-0.05, 0) is 61.2 Å². The molecule has 1 aromatic carbocycles. The number of aromatic nitrogens is 1. The Hall–Kier alpha value is -1.38. The first-order valence-electron chi connectivity index (χ1n) is 7.09. The Labute approximate surface area is 126 Å². The lowest BCUT2D eigenvalue weighted by Crippen LogP contribution is -2.25. The molecule has 20 heavy (non-hydrogen) atoms. The van der Waals surface area contributed by atoms with Crippen molar-refractivity contribution >= 4 is 11.6 Å². The maximum atomic E-state index is 6.08. The van der Waals surface area contributed by atoms with E-state index in [4.69, 9.17) is 11.6 Å². The lowest BCUT2D eigenvalue weighted by atomic mass is 9.97. The third-order valence-corrected chi connectivity index (χ3v) is 3.66. The molecule has 1 heterocycles. The van der Waals surface area contributed by atoms with E-state index in [9.17, 15) is 0 Å². The van der Waals surface area contributed by atoms with Crippen LogP contribution >= 0.6 is 11.6 Å². The average Bonchev–Trinajstić information content (AvgIpc) is 2.44. The number of halogens is 1. The van der Waals surface area contributed by atoms with Crippen LogP contribution in [0.2, 0.25) is 5.02 Å². The number of benzene rings is 1. The van der Waals surface area contributed by atoms with Gasteiger partial charge in [-0.1, -0.05) is 30.7 Å². The van der Waals surface area contributed by atoms with Gasteiger partial charge >= 0.3 is 0 Å². The molecule has 0 fully saturated rings. The standard InChI is InChI=1S/C17H21ClN2/c1-3-8-20-17(16-12-19-9-7-13(16)2)11-14-5-4-6-15(18)10-14/h4-7,9-10,12,17,20H,3,8,11H2,1-2H3. The summed E-state index contributed by atoms with van der Waals surface area (Å²) < 4.78 is 0. The summed E-state index contributed by atoms with van der Waals surface area (Å²) in [7, 11) is 0. The highest BCUT2D eigenvalue weighted by atomic mass is 35.5. The maximum Gasteiger partial charge on any atom is 0.0408 e. The van der Waals surface area contributed by atoms with E-state index in [-0.39, 0.29) is 6.04 Å². The molecular formula is C17H21ClN2. The summed E-state index contributed by atoms with van der Waals surface area (Å²) in [6.45, 7) is 5.31. The molecule has 106 valence electrons. The molecule has 1 aromatic heterocycles. The number of hydrogen-bond donors (Lipinski definition) is 1. The van der Waals surface area contributed by atoms with Crippen LogP contribution < -0.4 is 5.32 Å². The number of rotatable bonds is 6. The second-order valence-electron chi connectivity index (χ2n) is 5.07. The van der Waals surface area contributed by atoms with Crippen molar-refractivity contribution in [3.05, 3.63) is 64.4 Å². The summed E-state index contributed by atoms with van der Waals surface area (Å²) in [5, 5.41) is 4.40. The van der Waals surface area contributed by atoms with Crippen LogP contribution in [-0.2, 0) is 6.42 Å². The van der Waals surface area contributed by atoms with Crippen LogP contribution in [0.25, 0.3) is 0 Å². The van der Waals surface area contributed by atoms with Crippen molar-refractivity contribution in [3.63, 3.8) is 0 Å². The van der Waals surface area contributed by atoms with E-state index >= 15 is 0 Å². The molecule has 1 unspecified atom stereocenters. The van der Waals surface area contributed by atoms with Crippen molar-refractivity contribution in [3.8, 4) is 0 Å². The van der Waals surface area contributed by atoms with Gasteiger partial charge in [-0.2, -0.15) is 0 Å². The summed E-state index contributed by atoms with van der Waals surface area (Å²) in [6.07, 6.45) is 5.85. The van der Waals surface area contributed by atoms with Gasteiger partial charge in [-0.3, -0.25) is 4.98 Å². The van der Waals surface area contributed by atoms with E-state index in [1.165, 1.54) is 16.7 Å². The van der Waals surface area contributed by atoms with Crippen molar-refractivity contribution in [2.45, 2.75) is 32.7 Å². The maximum absolute atomic E-state index is 6.08. The lowest BCUT2D eigenvalue weighted by Gasteiger charge is -2.20. The Balaban J connectivity index is 2.22. The predicted octanol–water partition coefficient (Wildman–Crippen LogP) is 4.33. The largest absolute Gasteiger partial charge is 0.310 e. The minimum Gasteiger partial charge on any atom is -0.310 e. The van der Waals surface area contributed by atoms with Gasteiger partial charge < -0.3 is 5.32 Å². The zero-order valence-electron chi connectivity index (χ0n) is 12.1. The Morgan fingerprint density at radius 1 is 1.30 bits per heavy atom. The van der Waals surface area contributed by atoms with E-state index in [0.29, 0.717) is 0 Å². The molecule has 3 heteroatoms. The predicted molar refractivity (Wildman–Crippen MR) is 85.2 cm³/mol. The molecular weight excluding hydrogens is 268 g/mol. The number of aryl methyl sites for hydroxylation is 1. The monoisotopic (exact) mass is 288 g/mol. The summed E-state index contributed by atoms with van der Waals surface area (Å²) in [5.74, 6) is 0. The smallest absolute Gasteiger partial charge is 0.0408 e. The van der Waals surface area contributed by atoms with E-state index < -0.39 is 0 Å². The van der Waals surface area contributed by atoms with Crippen molar-refractivity contribution in [2.75, 3.05) is 6.54 Å². The first-order valence-corrected chi connectivity index (χ1v) is 7.47. The molecule has 1 N–H and O–H groups in total. The van der Waals surface area contributed by atoms with E-state index in [0.717, 1.165) is 24.4 Å². The molecule has 0 aliphatic carbocycles. The van der Waals surface area contributed by atoms with E-state index in [1.807, 2.05) is 30.6 Å². The number of nitrogens with one attached hydrogen (secondary N) is 1. The fraction of sp³-hybridized carbons (Fsp3) is 0.353. The zero-order valence-corrected chi connectivity index (χ0v) is 12.8. The molecule has 0 saturated carbocycles. The fourth-order valence-electron chi connectivity index (χ4n) is 2.35. The highest BCUT2D eigenvalue weighted by Crippen LogP contribution is 2.22. The van der Waals surface area contributed by atoms with Gasteiger partial charge in [0.25, 0.3) is 0 Å². The molecule has 0 spiro atoms. The molecule has 1 atom stereocenters. The van der Waals surface area contributed by atoms with Crippen molar-refractivity contribution in [1.29, 1.82) is 0 Å². The third kappa shape index (κ3) is 4.06. The van der Waals surface area contributed by atoms with Crippen LogP contribution in [0.3, 0.4) is 0 Å². The van der Waals surface area contributed by atoms with Gasteiger partial charge in [0.2, 0.25) is 0 Å². The second-order valence-corrected chi connectivity index (χ2v) is 5.51. The lowest BCUT2D eigenvalue weighted by molar-refractivity contribution is 0.526. The van der Waals surface area contributed by atoms with Gasteiger partial charge in [0.05, 0.1) is 0 Å². The SMILES string of the molecule is CCCNC(Cc1cccc(Cl)c1)c1cnccc1C. The molecule has 0 aliphatic heterocycles. The van der Waals surface area contributed by atoms with Gasteiger partial charge in [0, 0.05) is 23.5 Å². The summed E-state index contributed by atoms with van der Waals surface area (Å²) >= 11 is 6.08. The summed E-state index contributed by atoms with van der Waals surface area (Å²) in [6, 6.07) is 10.4. The normalized spacial score (nSPS) is 12.3. The molecule has 0 aliphatic rings. The average molecular weight is 289 g/mol. The van der Waals surface area contributed by atoms with Gasteiger partial charge in [-0.25, -0.2) is 0 Å². The molecule has 2 nitrogen and oxygen atoms in total. The molecule has 2 aromatic rings. The number of pyridine rings is 1. The van der Waals surface area contributed by atoms with Crippen LogP contribution in [-0.4, -0.2) is 11.5 Å². The van der Waals surface area contributed by atoms with E-state index in [2.05, 4.69) is 36.3 Å². The van der Waals surface area contributed by atoms with Gasteiger partial charge in [0.1, 0.15) is 0 Å². The first kappa shape index (κ1) is 15.0. The molecule has 0 saturated heterocycles. The third-order valence-electron chi connectivity index (χ3n) is 3.42. The zero-order chi connectivity index (χ0) is 14.4. The van der Waals surface area contributed by atoms with Crippen LogP contribution in [0.1, 0.15) is 36.1 Å². The Kier molecular flexibility index (Phi) is 5.57. The summed E-state index contributed by atoms with van der Waals surface area (Å²) in [4.78, 5) is 4.27. The quantitative estimate of drug-likeness (QED) is 0.856. The molecule has 0 bridgehead atoms. The van der Waals surface area contributed by atoms with Crippen LogP contribution in [0, 0.1) is 6.92 Å². The van der Waals surface area contributed by atoms with Gasteiger partial charge in [-0.15, -0.1) is 0 Å². The van der Waals surface area contributed by atoms with Gasteiger partial charge in [0.15, 0.2) is 0 Å². The minimum absolute atomic E-state index is 0.280. The van der Waals surface area contributed by atoms with Crippen molar-refractivity contribution in [2.24, 2.45) is 0 Å². The van der Waals surface area contributed by atoms with Crippen molar-refractivity contribution < 1.29 is 0 Å². The number of nitrogens with zero attached hydrogens (tertiary/aromatic N) is 1. The van der Waals surface area contributed by atoms with Crippen molar-refractivity contribution in [1.82, 2.24) is 10.3 Å². The first-order chi connectivity index (χ1) is 9.70. The van der Waals surface area contributed by atoms with Crippen LogP contribution in [0.15, 0.2) is 42.7 Å².